The highest BCUT2D eigenvalue weighted by Crippen LogP contribution is 2.59. The second kappa shape index (κ2) is 16.7. The zero-order chi connectivity index (χ0) is 45.7. The summed E-state index contributed by atoms with van der Waals surface area (Å²) in [5.41, 5.74) is 21.4. The Kier molecular flexibility index (Phi) is 9.77. The number of hydrogen-bond donors (Lipinski definition) is 0. The number of furan rings is 1. The Morgan fingerprint density at radius 3 is 1.51 bits per heavy atom. The van der Waals surface area contributed by atoms with Crippen LogP contribution < -0.4 is 4.90 Å². The number of anilines is 3. The van der Waals surface area contributed by atoms with Gasteiger partial charge in [-0.15, -0.1) is 0 Å². The van der Waals surface area contributed by atoms with Crippen LogP contribution in [0.2, 0.25) is 0 Å². The summed E-state index contributed by atoms with van der Waals surface area (Å²) >= 11 is 0. The van der Waals surface area contributed by atoms with Crippen molar-refractivity contribution < 1.29 is 4.42 Å². The molecule has 1 aromatic heterocycles. The van der Waals surface area contributed by atoms with Crippen LogP contribution in [0, 0.1) is 0 Å². The third-order valence-corrected chi connectivity index (χ3v) is 14.2. The Balaban J connectivity index is 0.988. The predicted molar refractivity (Wildman–Crippen MR) is 287 cm³/mol. The van der Waals surface area contributed by atoms with Crippen molar-refractivity contribution in [2.24, 2.45) is 0 Å². The van der Waals surface area contributed by atoms with E-state index in [4.69, 9.17) is 4.42 Å². The second-order valence-electron chi connectivity index (χ2n) is 18.0. The minimum absolute atomic E-state index is 0.510. The standard InChI is InChI=1S/C67H45NO/c1-4-18-46(19-5-1)47-34-36-48(37-35-47)49-38-41-54(42-39-49)68(55-25-16-20-50(44-55)51-40-43-58-57-27-12-15-33-64(57)69-65(58)45-51)63-32-14-11-26-56(63)59-29-17-31-62-66(59)60-28-10-13-30-61(60)67(62,52-21-6-2-7-22-52)53-23-8-3-9-24-53/h1-45H. The zero-order valence-corrected chi connectivity index (χ0v) is 37.8. The van der Waals surface area contributed by atoms with Crippen LogP contribution >= 0.6 is 0 Å². The van der Waals surface area contributed by atoms with Crippen molar-refractivity contribution in [1.82, 2.24) is 0 Å². The third-order valence-electron chi connectivity index (χ3n) is 14.2. The van der Waals surface area contributed by atoms with E-state index < -0.39 is 5.41 Å². The van der Waals surface area contributed by atoms with Crippen LogP contribution in [0.25, 0.3) is 77.6 Å². The Hall–Kier alpha value is -8.98. The molecule has 0 saturated carbocycles. The molecule has 11 aromatic carbocycles. The van der Waals surface area contributed by atoms with Gasteiger partial charge in [0.05, 0.1) is 11.1 Å². The van der Waals surface area contributed by atoms with Crippen molar-refractivity contribution in [3.63, 3.8) is 0 Å². The van der Waals surface area contributed by atoms with Gasteiger partial charge in [-0.1, -0.05) is 224 Å². The predicted octanol–water partition coefficient (Wildman–Crippen LogP) is 18.1. The lowest BCUT2D eigenvalue weighted by atomic mass is 9.67. The van der Waals surface area contributed by atoms with Gasteiger partial charge in [0.2, 0.25) is 0 Å². The lowest BCUT2D eigenvalue weighted by Gasteiger charge is -2.34. The largest absolute Gasteiger partial charge is 0.456 e. The maximum absolute atomic E-state index is 6.39. The summed E-state index contributed by atoms with van der Waals surface area (Å²) in [6, 6.07) is 99.3. The Morgan fingerprint density at radius 2 is 0.783 bits per heavy atom. The van der Waals surface area contributed by atoms with Gasteiger partial charge in [0.15, 0.2) is 0 Å². The Bertz CT molecular complexity index is 3780. The van der Waals surface area contributed by atoms with Gasteiger partial charge in [0.1, 0.15) is 11.2 Å². The van der Waals surface area contributed by atoms with Crippen LogP contribution in [0.15, 0.2) is 277 Å². The minimum atomic E-state index is -0.510. The minimum Gasteiger partial charge on any atom is -0.456 e. The topological polar surface area (TPSA) is 16.4 Å². The van der Waals surface area contributed by atoms with E-state index >= 15 is 0 Å². The Labute approximate surface area is 402 Å². The molecular formula is C67H45NO. The van der Waals surface area contributed by atoms with Crippen LogP contribution in [0.4, 0.5) is 17.1 Å². The van der Waals surface area contributed by atoms with Crippen LogP contribution in [-0.2, 0) is 5.41 Å². The van der Waals surface area contributed by atoms with Gasteiger partial charge in [0.25, 0.3) is 0 Å². The van der Waals surface area contributed by atoms with Crippen LogP contribution in [-0.4, -0.2) is 0 Å². The van der Waals surface area contributed by atoms with Crippen molar-refractivity contribution >= 4 is 39.0 Å². The molecule has 324 valence electrons. The molecule has 13 rings (SSSR count). The second-order valence-corrected chi connectivity index (χ2v) is 18.0. The molecule has 0 spiro atoms. The molecule has 1 heterocycles. The van der Waals surface area contributed by atoms with Crippen molar-refractivity contribution in [1.29, 1.82) is 0 Å². The molecule has 69 heavy (non-hydrogen) atoms. The maximum Gasteiger partial charge on any atom is 0.136 e. The first kappa shape index (κ1) is 40.3. The molecule has 2 nitrogen and oxygen atoms in total. The molecule has 1 aliphatic carbocycles. The van der Waals surface area contributed by atoms with E-state index in [0.29, 0.717) is 0 Å². The molecule has 0 unspecified atom stereocenters. The van der Waals surface area contributed by atoms with Crippen LogP contribution in [0.1, 0.15) is 22.3 Å². The molecule has 1 aliphatic rings. The molecule has 0 N–H and O–H groups in total. The SMILES string of the molecule is c1ccc(-c2ccc(-c3ccc(N(c4cccc(-c5ccc6c(c5)oc5ccccc56)c4)c4ccccc4-c4cccc5c4-c4ccccc4C5(c4ccccc4)c4ccccc4)cc3)cc2)cc1. The van der Waals surface area contributed by atoms with Gasteiger partial charge in [-0.2, -0.15) is 0 Å². The van der Waals surface area contributed by atoms with Crippen molar-refractivity contribution in [3.05, 3.63) is 295 Å². The normalized spacial score (nSPS) is 12.5. The number of hydrogen-bond acceptors (Lipinski definition) is 2. The molecule has 0 fully saturated rings. The van der Waals surface area contributed by atoms with Gasteiger partial charge >= 0.3 is 0 Å². The summed E-state index contributed by atoms with van der Waals surface area (Å²) in [5, 5.41) is 2.25. The van der Waals surface area contributed by atoms with E-state index in [1.165, 1.54) is 55.6 Å². The molecule has 0 atom stereocenters. The fraction of sp³-hybridized carbons (Fsp3) is 0.0149. The molecule has 0 bridgehead atoms. The van der Waals surface area contributed by atoms with Crippen molar-refractivity contribution in [2.75, 3.05) is 4.90 Å². The molecule has 2 heteroatoms. The number of nitrogens with zero attached hydrogens (tertiary/aromatic N) is 1. The van der Waals surface area contributed by atoms with Crippen molar-refractivity contribution in [2.45, 2.75) is 5.41 Å². The number of rotatable bonds is 9. The zero-order valence-electron chi connectivity index (χ0n) is 37.8. The van der Waals surface area contributed by atoms with Gasteiger partial charge in [-0.25, -0.2) is 0 Å². The van der Waals surface area contributed by atoms with Gasteiger partial charge in [-0.3, -0.25) is 0 Å². The molecule has 0 amide bonds. The van der Waals surface area contributed by atoms with Gasteiger partial charge < -0.3 is 9.32 Å². The highest BCUT2D eigenvalue weighted by atomic mass is 16.3. The summed E-state index contributed by atoms with van der Waals surface area (Å²) < 4.78 is 6.39. The highest BCUT2D eigenvalue weighted by Gasteiger charge is 2.47. The Morgan fingerprint density at radius 1 is 0.290 bits per heavy atom. The molecule has 0 saturated heterocycles. The average molecular weight is 880 g/mol. The van der Waals surface area contributed by atoms with E-state index in [1.54, 1.807) is 0 Å². The number of benzene rings is 11. The molecule has 12 aromatic rings. The van der Waals surface area contributed by atoms with Crippen LogP contribution in [0.5, 0.6) is 0 Å². The first-order chi connectivity index (χ1) is 34.2. The highest BCUT2D eigenvalue weighted by molar-refractivity contribution is 6.06. The van der Waals surface area contributed by atoms with E-state index in [-0.39, 0.29) is 0 Å². The monoisotopic (exact) mass is 879 g/mol. The van der Waals surface area contributed by atoms with Gasteiger partial charge in [-0.05, 0) is 121 Å². The fourth-order valence-corrected chi connectivity index (χ4v) is 11.1. The van der Waals surface area contributed by atoms with E-state index in [2.05, 4.69) is 266 Å². The summed E-state index contributed by atoms with van der Waals surface area (Å²) in [5.74, 6) is 0. The quantitative estimate of drug-likeness (QED) is 0.144. The maximum atomic E-state index is 6.39. The lowest BCUT2D eigenvalue weighted by Crippen LogP contribution is -2.28. The van der Waals surface area contributed by atoms with Gasteiger partial charge in [0, 0.05) is 27.7 Å². The number of fused-ring (bicyclic) bond motifs is 6. The number of para-hydroxylation sites is 2. The van der Waals surface area contributed by atoms with Crippen molar-refractivity contribution in [3.8, 4) is 55.6 Å². The third kappa shape index (κ3) is 6.72. The molecule has 0 radical (unpaired) electrons. The molecular weight excluding hydrogens is 835 g/mol. The average Bonchev–Trinajstić information content (AvgIpc) is 3.96. The fourth-order valence-electron chi connectivity index (χ4n) is 11.1. The summed E-state index contributed by atoms with van der Waals surface area (Å²) in [6.45, 7) is 0. The lowest BCUT2D eigenvalue weighted by molar-refractivity contribution is 0.669. The van der Waals surface area contributed by atoms with E-state index in [9.17, 15) is 0 Å². The van der Waals surface area contributed by atoms with E-state index in [0.717, 1.165) is 61.3 Å². The summed E-state index contributed by atoms with van der Waals surface area (Å²) in [6.07, 6.45) is 0. The first-order valence-corrected chi connectivity index (χ1v) is 23.7. The smallest absolute Gasteiger partial charge is 0.136 e. The van der Waals surface area contributed by atoms with Crippen LogP contribution in [0.3, 0.4) is 0 Å². The summed E-state index contributed by atoms with van der Waals surface area (Å²) in [7, 11) is 0. The first-order valence-electron chi connectivity index (χ1n) is 23.7. The molecule has 0 aliphatic heterocycles. The summed E-state index contributed by atoms with van der Waals surface area (Å²) in [4.78, 5) is 2.43. The van der Waals surface area contributed by atoms with E-state index in [1.807, 2.05) is 12.1 Å².